The summed E-state index contributed by atoms with van der Waals surface area (Å²) in [7, 11) is 0. The van der Waals surface area contributed by atoms with Crippen LogP contribution < -0.4 is 5.32 Å². The minimum atomic E-state index is -1.25. The quantitative estimate of drug-likeness (QED) is 0.812. The van der Waals surface area contributed by atoms with Crippen molar-refractivity contribution in [2.24, 2.45) is 0 Å². The topological polar surface area (TPSA) is 69.6 Å². The van der Waals surface area contributed by atoms with Crippen LogP contribution in [0.1, 0.15) is 23.7 Å². The molecule has 0 bridgehead atoms. The van der Waals surface area contributed by atoms with Gasteiger partial charge in [0.1, 0.15) is 5.82 Å². The maximum atomic E-state index is 13.2. The van der Waals surface area contributed by atoms with Gasteiger partial charge in [-0.3, -0.25) is 0 Å². The number of carbonyl (C=O) groups excluding carboxylic acids is 1. The number of halogens is 1. The van der Waals surface area contributed by atoms with Gasteiger partial charge in [-0.15, -0.1) is 6.42 Å². The molecule has 6 heteroatoms. The second kappa shape index (κ2) is 7.14. The SMILES string of the molecule is C#CCN(CCC)C(=O)Nc1cc(F)ccc1C(=O)O. The smallest absolute Gasteiger partial charge is 0.337 e. The van der Waals surface area contributed by atoms with E-state index in [9.17, 15) is 14.0 Å². The normalized spacial score (nSPS) is 9.65. The molecule has 106 valence electrons. The van der Waals surface area contributed by atoms with Gasteiger partial charge in [-0.1, -0.05) is 12.8 Å². The average molecular weight is 278 g/mol. The van der Waals surface area contributed by atoms with Crippen molar-refractivity contribution in [1.29, 1.82) is 0 Å². The van der Waals surface area contributed by atoms with Crippen LogP contribution in [0.15, 0.2) is 18.2 Å². The molecule has 0 heterocycles. The van der Waals surface area contributed by atoms with Crippen LogP contribution in [0.3, 0.4) is 0 Å². The summed E-state index contributed by atoms with van der Waals surface area (Å²) < 4.78 is 13.2. The van der Waals surface area contributed by atoms with Crippen LogP contribution in [0.4, 0.5) is 14.9 Å². The number of nitrogens with one attached hydrogen (secondary N) is 1. The Morgan fingerprint density at radius 2 is 2.20 bits per heavy atom. The Hall–Kier alpha value is -2.55. The molecule has 1 aromatic carbocycles. The predicted octanol–water partition coefficient (Wildman–Crippen LogP) is 2.40. The molecular weight excluding hydrogens is 263 g/mol. The van der Waals surface area contributed by atoms with E-state index in [1.165, 1.54) is 4.90 Å². The lowest BCUT2D eigenvalue weighted by Gasteiger charge is -2.20. The Balaban J connectivity index is 2.96. The molecule has 2 amide bonds. The lowest BCUT2D eigenvalue weighted by molar-refractivity contribution is 0.0698. The highest BCUT2D eigenvalue weighted by Crippen LogP contribution is 2.18. The van der Waals surface area contributed by atoms with E-state index in [0.29, 0.717) is 13.0 Å². The minimum absolute atomic E-state index is 0.0946. The van der Waals surface area contributed by atoms with Crippen LogP contribution in [0.5, 0.6) is 0 Å². The number of terminal acetylenes is 1. The van der Waals surface area contributed by atoms with E-state index >= 15 is 0 Å². The summed E-state index contributed by atoms with van der Waals surface area (Å²) in [5, 5.41) is 11.4. The first-order valence-corrected chi connectivity index (χ1v) is 6.01. The molecule has 0 saturated carbocycles. The van der Waals surface area contributed by atoms with Crippen molar-refractivity contribution in [3.63, 3.8) is 0 Å². The molecule has 0 aromatic heterocycles. The van der Waals surface area contributed by atoms with E-state index in [-0.39, 0.29) is 17.8 Å². The van der Waals surface area contributed by atoms with E-state index in [2.05, 4.69) is 11.2 Å². The summed E-state index contributed by atoms with van der Waals surface area (Å²) >= 11 is 0. The summed E-state index contributed by atoms with van der Waals surface area (Å²) in [5.74, 6) is 0.457. The molecule has 2 N–H and O–H groups in total. The van der Waals surface area contributed by atoms with E-state index in [0.717, 1.165) is 18.2 Å². The highest BCUT2D eigenvalue weighted by Gasteiger charge is 2.16. The first-order chi connectivity index (χ1) is 9.49. The number of aromatic carboxylic acids is 1. The first kappa shape index (κ1) is 15.5. The van der Waals surface area contributed by atoms with Gasteiger partial charge in [0.2, 0.25) is 0 Å². The van der Waals surface area contributed by atoms with Gasteiger partial charge in [0.15, 0.2) is 0 Å². The van der Waals surface area contributed by atoms with Crippen LogP contribution in [-0.2, 0) is 0 Å². The van der Waals surface area contributed by atoms with Crippen molar-refractivity contribution in [3.05, 3.63) is 29.6 Å². The van der Waals surface area contributed by atoms with Gasteiger partial charge in [-0.05, 0) is 24.6 Å². The van der Waals surface area contributed by atoms with Crippen LogP contribution >= 0.6 is 0 Å². The van der Waals surface area contributed by atoms with Gasteiger partial charge in [-0.2, -0.15) is 0 Å². The van der Waals surface area contributed by atoms with Gasteiger partial charge in [-0.25, -0.2) is 14.0 Å². The maximum Gasteiger partial charge on any atom is 0.337 e. The number of hydrogen-bond donors (Lipinski definition) is 2. The first-order valence-electron chi connectivity index (χ1n) is 6.01. The Morgan fingerprint density at radius 1 is 1.50 bits per heavy atom. The maximum absolute atomic E-state index is 13.2. The molecule has 0 atom stereocenters. The van der Waals surface area contributed by atoms with Crippen LogP contribution in [0.25, 0.3) is 0 Å². The second-order valence-electron chi connectivity index (χ2n) is 4.05. The number of nitrogens with zero attached hydrogens (tertiary/aromatic N) is 1. The molecule has 0 fully saturated rings. The van der Waals surface area contributed by atoms with Gasteiger partial charge in [0, 0.05) is 6.54 Å². The average Bonchev–Trinajstić information content (AvgIpc) is 2.38. The molecule has 1 rings (SSSR count). The third-order valence-corrected chi connectivity index (χ3v) is 2.52. The van der Waals surface area contributed by atoms with Crippen molar-refractivity contribution in [1.82, 2.24) is 4.90 Å². The number of amides is 2. The lowest BCUT2D eigenvalue weighted by Crippen LogP contribution is -2.36. The van der Waals surface area contributed by atoms with Crippen molar-refractivity contribution >= 4 is 17.7 Å². The van der Waals surface area contributed by atoms with E-state index < -0.39 is 17.8 Å². The third-order valence-electron chi connectivity index (χ3n) is 2.52. The summed E-state index contributed by atoms with van der Waals surface area (Å²) in [4.78, 5) is 24.3. The summed E-state index contributed by atoms with van der Waals surface area (Å²) in [6.45, 7) is 2.40. The number of carboxylic acid groups (broad SMARTS) is 1. The lowest BCUT2D eigenvalue weighted by atomic mass is 10.1. The van der Waals surface area contributed by atoms with Crippen molar-refractivity contribution < 1.29 is 19.1 Å². The van der Waals surface area contributed by atoms with Crippen molar-refractivity contribution in [2.45, 2.75) is 13.3 Å². The van der Waals surface area contributed by atoms with E-state index in [1.807, 2.05) is 6.92 Å². The largest absolute Gasteiger partial charge is 0.478 e. The number of rotatable bonds is 5. The zero-order valence-corrected chi connectivity index (χ0v) is 11.0. The molecule has 0 aliphatic heterocycles. The summed E-state index contributed by atoms with van der Waals surface area (Å²) in [6, 6.07) is 2.52. The van der Waals surface area contributed by atoms with Gasteiger partial charge in [0.05, 0.1) is 17.8 Å². The van der Waals surface area contributed by atoms with Crippen LogP contribution in [-0.4, -0.2) is 35.1 Å². The molecule has 1 aromatic rings. The fourth-order valence-electron chi connectivity index (χ4n) is 1.63. The Kier molecular flexibility index (Phi) is 5.54. The number of benzene rings is 1. The van der Waals surface area contributed by atoms with Gasteiger partial charge in [0.25, 0.3) is 0 Å². The van der Waals surface area contributed by atoms with E-state index in [1.54, 1.807) is 0 Å². The Bertz CT molecular complexity index is 552. The number of anilines is 1. The fourth-order valence-corrected chi connectivity index (χ4v) is 1.63. The predicted molar refractivity (Wildman–Crippen MR) is 73.1 cm³/mol. The number of carbonyl (C=O) groups is 2. The Labute approximate surface area is 116 Å². The molecule has 0 aliphatic rings. The van der Waals surface area contributed by atoms with Gasteiger partial charge >= 0.3 is 12.0 Å². The zero-order valence-electron chi connectivity index (χ0n) is 11.0. The monoisotopic (exact) mass is 278 g/mol. The number of hydrogen-bond acceptors (Lipinski definition) is 2. The van der Waals surface area contributed by atoms with Crippen molar-refractivity contribution in [3.8, 4) is 12.3 Å². The van der Waals surface area contributed by atoms with Crippen molar-refractivity contribution in [2.75, 3.05) is 18.4 Å². The third kappa shape index (κ3) is 3.99. The fraction of sp³-hybridized carbons (Fsp3) is 0.286. The molecule has 20 heavy (non-hydrogen) atoms. The zero-order chi connectivity index (χ0) is 15.1. The minimum Gasteiger partial charge on any atom is -0.478 e. The number of carboxylic acids is 1. The summed E-state index contributed by atoms with van der Waals surface area (Å²) in [5.41, 5.74) is -0.280. The van der Waals surface area contributed by atoms with E-state index in [4.69, 9.17) is 11.5 Å². The molecule has 0 saturated heterocycles. The highest BCUT2D eigenvalue weighted by molar-refractivity contribution is 6.00. The number of urea groups is 1. The standard InChI is InChI=1S/C14H15FN2O3/c1-3-7-17(8-4-2)14(20)16-12-9-10(15)5-6-11(12)13(18)19/h1,5-6,9H,4,7-8H2,2H3,(H,16,20)(H,18,19). The highest BCUT2D eigenvalue weighted by atomic mass is 19.1. The molecule has 0 unspecified atom stereocenters. The molecule has 5 nitrogen and oxygen atoms in total. The van der Waals surface area contributed by atoms with Crippen LogP contribution in [0, 0.1) is 18.2 Å². The molecule has 0 spiro atoms. The molecular formula is C14H15FN2O3. The second-order valence-corrected chi connectivity index (χ2v) is 4.05. The molecule has 0 aliphatic carbocycles. The summed E-state index contributed by atoms with van der Waals surface area (Å²) in [6.07, 6.45) is 5.87. The van der Waals surface area contributed by atoms with Crippen LogP contribution in [0.2, 0.25) is 0 Å². The Morgan fingerprint density at radius 3 is 2.75 bits per heavy atom. The molecule has 0 radical (unpaired) electrons. The van der Waals surface area contributed by atoms with Gasteiger partial charge < -0.3 is 15.3 Å².